The first-order chi connectivity index (χ1) is 12.3. The summed E-state index contributed by atoms with van der Waals surface area (Å²) < 4.78 is 29.1. The molecule has 1 aliphatic rings. The molecular weight excluding hydrogens is 362 g/mol. The lowest BCUT2D eigenvalue weighted by Crippen LogP contribution is -2.44. The highest BCUT2D eigenvalue weighted by molar-refractivity contribution is 7.88. The third-order valence-electron chi connectivity index (χ3n) is 3.95. The Labute approximate surface area is 151 Å². The van der Waals surface area contributed by atoms with Crippen molar-refractivity contribution >= 4 is 27.8 Å². The first kappa shape index (κ1) is 19.9. The van der Waals surface area contributed by atoms with Gasteiger partial charge in [0.1, 0.15) is 0 Å². The molecule has 1 saturated heterocycles. The number of nitrogens with zero attached hydrogens (tertiary/aromatic N) is 1. The number of hydrazine groups is 1. The first-order valence-electron chi connectivity index (χ1n) is 8.03. The van der Waals surface area contributed by atoms with E-state index in [4.69, 9.17) is 4.74 Å². The number of hydrogen-bond donors (Lipinski definition) is 2. The predicted octanol–water partition coefficient (Wildman–Crippen LogP) is -0.338. The van der Waals surface area contributed by atoms with Gasteiger partial charge in [0.05, 0.1) is 12.2 Å². The van der Waals surface area contributed by atoms with E-state index in [2.05, 4.69) is 10.9 Å². The Balaban J connectivity index is 1.69. The predicted molar refractivity (Wildman–Crippen MR) is 92.2 cm³/mol. The molecule has 10 heteroatoms. The second-order valence-electron chi connectivity index (χ2n) is 5.91. The average Bonchev–Trinajstić information content (AvgIpc) is 2.64. The molecule has 1 aromatic rings. The number of benzene rings is 1. The molecule has 0 saturated carbocycles. The quantitative estimate of drug-likeness (QED) is 0.530. The van der Waals surface area contributed by atoms with Crippen LogP contribution in [-0.2, 0) is 24.3 Å². The molecule has 1 aliphatic heterocycles. The fourth-order valence-electron chi connectivity index (χ4n) is 2.50. The minimum atomic E-state index is -3.26. The fraction of sp³-hybridized carbons (Fsp3) is 0.438. The van der Waals surface area contributed by atoms with Gasteiger partial charge in [0.2, 0.25) is 10.0 Å². The summed E-state index contributed by atoms with van der Waals surface area (Å²) >= 11 is 0. The number of rotatable bonds is 5. The zero-order valence-electron chi connectivity index (χ0n) is 14.3. The summed E-state index contributed by atoms with van der Waals surface area (Å²) in [5.41, 5.74) is 4.76. The Hall–Kier alpha value is -2.46. The second kappa shape index (κ2) is 8.77. The molecule has 0 unspecified atom stereocenters. The second-order valence-corrected chi connectivity index (χ2v) is 7.89. The summed E-state index contributed by atoms with van der Waals surface area (Å²) in [6.45, 7) is -0.0317. The Bertz CT molecular complexity index is 757. The largest absolute Gasteiger partial charge is 0.455 e. The number of ether oxygens (including phenoxy) is 1. The lowest BCUT2D eigenvalue weighted by Gasteiger charge is -2.28. The average molecular weight is 383 g/mol. The van der Waals surface area contributed by atoms with Gasteiger partial charge in [-0.3, -0.25) is 25.2 Å². The van der Waals surface area contributed by atoms with E-state index in [0.717, 1.165) is 6.26 Å². The number of carbonyl (C=O) groups excluding carboxylic acids is 3. The smallest absolute Gasteiger partial charge is 0.309 e. The Kier molecular flexibility index (Phi) is 6.70. The van der Waals surface area contributed by atoms with Crippen molar-refractivity contribution in [3.63, 3.8) is 0 Å². The topological polar surface area (TPSA) is 122 Å². The van der Waals surface area contributed by atoms with Crippen molar-refractivity contribution in [2.45, 2.75) is 12.8 Å². The van der Waals surface area contributed by atoms with Gasteiger partial charge in [0.15, 0.2) is 6.61 Å². The molecule has 1 aromatic carbocycles. The molecule has 2 amide bonds. The zero-order chi connectivity index (χ0) is 19.2. The molecule has 0 spiro atoms. The van der Waals surface area contributed by atoms with Gasteiger partial charge in [-0.15, -0.1) is 0 Å². The van der Waals surface area contributed by atoms with Crippen LogP contribution in [0, 0.1) is 5.92 Å². The van der Waals surface area contributed by atoms with Crippen LogP contribution < -0.4 is 10.9 Å². The van der Waals surface area contributed by atoms with Gasteiger partial charge in [-0.2, -0.15) is 0 Å². The van der Waals surface area contributed by atoms with Crippen LogP contribution in [0.4, 0.5) is 0 Å². The Morgan fingerprint density at radius 3 is 2.31 bits per heavy atom. The molecular formula is C16H21N3O6S. The van der Waals surface area contributed by atoms with E-state index >= 15 is 0 Å². The summed E-state index contributed by atoms with van der Waals surface area (Å²) in [6, 6.07) is 8.31. The summed E-state index contributed by atoms with van der Waals surface area (Å²) in [4.78, 5) is 35.4. The molecule has 1 heterocycles. The molecule has 0 aromatic heterocycles. The van der Waals surface area contributed by atoms with Crippen LogP contribution in [0.5, 0.6) is 0 Å². The summed E-state index contributed by atoms with van der Waals surface area (Å²) in [7, 11) is -3.26. The number of sulfonamides is 1. The van der Waals surface area contributed by atoms with Crippen molar-refractivity contribution in [1.29, 1.82) is 0 Å². The van der Waals surface area contributed by atoms with Crippen LogP contribution in [0.3, 0.4) is 0 Å². The number of carbonyl (C=O) groups is 3. The molecule has 2 N–H and O–H groups in total. The van der Waals surface area contributed by atoms with Crippen molar-refractivity contribution in [2.75, 3.05) is 26.0 Å². The van der Waals surface area contributed by atoms with Crippen molar-refractivity contribution in [1.82, 2.24) is 15.2 Å². The van der Waals surface area contributed by atoms with E-state index in [1.807, 2.05) is 0 Å². The molecule has 0 aliphatic carbocycles. The highest BCUT2D eigenvalue weighted by atomic mass is 32.2. The maximum atomic E-state index is 12.0. The molecule has 2 rings (SSSR count). The van der Waals surface area contributed by atoms with Crippen LogP contribution >= 0.6 is 0 Å². The van der Waals surface area contributed by atoms with Crippen molar-refractivity contribution < 1.29 is 27.5 Å². The van der Waals surface area contributed by atoms with Gasteiger partial charge in [-0.1, -0.05) is 18.2 Å². The molecule has 142 valence electrons. The number of nitrogens with one attached hydrogen (secondary N) is 2. The van der Waals surface area contributed by atoms with E-state index in [9.17, 15) is 22.8 Å². The number of piperidine rings is 1. The van der Waals surface area contributed by atoms with Crippen LogP contribution in [0.2, 0.25) is 0 Å². The standard InChI is InChI=1S/C16H21N3O6S/c1-26(23,24)19-9-7-13(8-10-19)16(22)25-11-14(20)17-18-15(21)12-5-3-2-4-6-12/h2-6,13H,7-11H2,1H3,(H,17,20)(H,18,21). The van der Waals surface area contributed by atoms with E-state index < -0.39 is 40.3 Å². The minimum absolute atomic E-state index is 0.248. The molecule has 26 heavy (non-hydrogen) atoms. The van der Waals surface area contributed by atoms with E-state index in [1.54, 1.807) is 30.3 Å². The van der Waals surface area contributed by atoms with Gasteiger partial charge in [0, 0.05) is 18.7 Å². The van der Waals surface area contributed by atoms with Gasteiger partial charge in [-0.25, -0.2) is 12.7 Å². The van der Waals surface area contributed by atoms with Gasteiger partial charge in [-0.05, 0) is 25.0 Å². The monoisotopic (exact) mass is 383 g/mol. The molecule has 0 atom stereocenters. The summed E-state index contributed by atoms with van der Waals surface area (Å²) in [6.07, 6.45) is 1.82. The maximum Gasteiger partial charge on any atom is 0.309 e. The molecule has 1 fully saturated rings. The van der Waals surface area contributed by atoms with Crippen LogP contribution in [-0.4, -0.2) is 56.5 Å². The zero-order valence-corrected chi connectivity index (χ0v) is 15.1. The highest BCUT2D eigenvalue weighted by Gasteiger charge is 2.30. The van der Waals surface area contributed by atoms with Crippen molar-refractivity contribution in [3.05, 3.63) is 35.9 Å². The third-order valence-corrected chi connectivity index (χ3v) is 5.26. The first-order valence-corrected chi connectivity index (χ1v) is 9.88. The fourth-order valence-corrected chi connectivity index (χ4v) is 3.38. The van der Waals surface area contributed by atoms with Gasteiger partial charge < -0.3 is 4.74 Å². The molecule has 0 bridgehead atoms. The van der Waals surface area contributed by atoms with Crippen molar-refractivity contribution in [2.24, 2.45) is 5.92 Å². The SMILES string of the molecule is CS(=O)(=O)N1CCC(C(=O)OCC(=O)NNC(=O)c2ccccc2)CC1. The highest BCUT2D eigenvalue weighted by Crippen LogP contribution is 2.20. The van der Waals surface area contributed by atoms with Gasteiger partial charge >= 0.3 is 5.97 Å². The molecule has 9 nitrogen and oxygen atoms in total. The Morgan fingerprint density at radius 1 is 1.12 bits per heavy atom. The molecule has 0 radical (unpaired) electrons. The summed E-state index contributed by atoms with van der Waals surface area (Å²) in [5.74, 6) is -2.16. The van der Waals surface area contributed by atoms with Crippen LogP contribution in [0.15, 0.2) is 30.3 Å². The van der Waals surface area contributed by atoms with E-state index in [1.165, 1.54) is 4.31 Å². The minimum Gasteiger partial charge on any atom is -0.455 e. The number of amides is 2. The lowest BCUT2D eigenvalue weighted by molar-refractivity contribution is -0.153. The van der Waals surface area contributed by atoms with Crippen LogP contribution in [0.1, 0.15) is 23.2 Å². The lowest BCUT2D eigenvalue weighted by atomic mass is 9.98. The summed E-state index contributed by atoms with van der Waals surface area (Å²) in [5, 5.41) is 0. The third kappa shape index (κ3) is 5.81. The number of hydrogen-bond acceptors (Lipinski definition) is 6. The van der Waals surface area contributed by atoms with Crippen LogP contribution in [0.25, 0.3) is 0 Å². The maximum absolute atomic E-state index is 12.0. The number of esters is 1. The normalized spacial score (nSPS) is 15.9. The van der Waals surface area contributed by atoms with E-state index in [-0.39, 0.29) is 13.1 Å². The van der Waals surface area contributed by atoms with Crippen molar-refractivity contribution in [3.8, 4) is 0 Å². The Morgan fingerprint density at radius 2 is 1.73 bits per heavy atom. The van der Waals surface area contributed by atoms with E-state index in [0.29, 0.717) is 18.4 Å². The van der Waals surface area contributed by atoms with Gasteiger partial charge in [0.25, 0.3) is 11.8 Å².